The maximum absolute atomic E-state index is 3.73. The Morgan fingerprint density at radius 3 is 2.74 bits per heavy atom. The van der Waals surface area contributed by atoms with E-state index in [2.05, 4.69) is 47.1 Å². The van der Waals surface area contributed by atoms with Crippen LogP contribution in [0.4, 0.5) is 11.4 Å². The molecule has 0 spiro atoms. The molecule has 1 aromatic carbocycles. The van der Waals surface area contributed by atoms with E-state index in [1.807, 2.05) is 0 Å². The van der Waals surface area contributed by atoms with Crippen molar-refractivity contribution in [2.24, 2.45) is 0 Å². The van der Waals surface area contributed by atoms with Gasteiger partial charge in [0.05, 0.1) is 0 Å². The number of nitrogens with zero attached hydrogens (tertiary/aromatic N) is 1. The first kappa shape index (κ1) is 13.2. The van der Waals surface area contributed by atoms with Crippen LogP contribution in [0, 0.1) is 6.92 Å². The number of thioether (sulfide) groups is 1. The van der Waals surface area contributed by atoms with Crippen molar-refractivity contribution in [3.05, 3.63) is 23.8 Å². The summed E-state index contributed by atoms with van der Waals surface area (Å²) in [6, 6.07) is 7.58. The molecule has 0 saturated carbocycles. The number of nitrogens with one attached hydrogen (secondary N) is 1. The van der Waals surface area contributed by atoms with Crippen molar-refractivity contribution in [1.82, 2.24) is 0 Å². The first-order valence-electron chi connectivity index (χ1n) is 7.53. The van der Waals surface area contributed by atoms with Gasteiger partial charge in [-0.15, -0.1) is 0 Å². The minimum absolute atomic E-state index is 0.662. The van der Waals surface area contributed by atoms with E-state index in [1.54, 1.807) is 0 Å². The standard InChI is InChI=1S/C16H24N2S/c1-13-11-15(18-8-2-3-9-18)6-7-16(13)17-14-5-4-10-19-12-14/h6-7,11,14,17H,2-5,8-10,12H2,1H3. The molecule has 2 aliphatic heterocycles. The highest BCUT2D eigenvalue weighted by Crippen LogP contribution is 2.27. The molecule has 104 valence electrons. The zero-order valence-corrected chi connectivity index (χ0v) is 12.6. The molecule has 0 bridgehead atoms. The van der Waals surface area contributed by atoms with Gasteiger partial charge in [0.25, 0.3) is 0 Å². The summed E-state index contributed by atoms with van der Waals surface area (Å²) in [6.07, 6.45) is 5.37. The van der Waals surface area contributed by atoms with Gasteiger partial charge in [-0.3, -0.25) is 0 Å². The summed E-state index contributed by atoms with van der Waals surface area (Å²) in [7, 11) is 0. The fraction of sp³-hybridized carbons (Fsp3) is 0.625. The number of benzene rings is 1. The number of anilines is 2. The zero-order chi connectivity index (χ0) is 13.1. The lowest BCUT2D eigenvalue weighted by molar-refractivity contribution is 0.684. The van der Waals surface area contributed by atoms with E-state index in [-0.39, 0.29) is 0 Å². The van der Waals surface area contributed by atoms with Crippen LogP contribution in [0.25, 0.3) is 0 Å². The van der Waals surface area contributed by atoms with Gasteiger partial charge in [0.15, 0.2) is 0 Å². The second-order valence-corrected chi connectivity index (χ2v) is 6.90. The first-order valence-corrected chi connectivity index (χ1v) is 8.68. The molecule has 0 radical (unpaired) electrons. The number of rotatable bonds is 3. The van der Waals surface area contributed by atoms with Crippen LogP contribution in [0.2, 0.25) is 0 Å². The Hall–Kier alpha value is -0.830. The van der Waals surface area contributed by atoms with Crippen molar-refractivity contribution in [3.8, 4) is 0 Å². The molecule has 1 atom stereocenters. The Kier molecular flexibility index (Phi) is 4.21. The Balaban J connectivity index is 1.68. The average molecular weight is 276 g/mol. The highest BCUT2D eigenvalue weighted by molar-refractivity contribution is 7.99. The molecule has 0 aromatic heterocycles. The molecular formula is C16H24N2S. The van der Waals surface area contributed by atoms with Gasteiger partial charge < -0.3 is 10.2 Å². The summed E-state index contributed by atoms with van der Waals surface area (Å²) in [5.41, 5.74) is 4.12. The second kappa shape index (κ2) is 6.08. The van der Waals surface area contributed by atoms with Crippen LogP contribution in [0.3, 0.4) is 0 Å². The molecule has 1 unspecified atom stereocenters. The molecule has 1 N–H and O–H groups in total. The molecule has 3 rings (SSSR count). The third-order valence-corrected chi connectivity index (χ3v) is 5.42. The smallest absolute Gasteiger partial charge is 0.0373 e. The third-order valence-electron chi connectivity index (χ3n) is 4.20. The third kappa shape index (κ3) is 3.19. The molecule has 19 heavy (non-hydrogen) atoms. The topological polar surface area (TPSA) is 15.3 Å². The van der Waals surface area contributed by atoms with Gasteiger partial charge in [-0.05, 0) is 62.1 Å². The van der Waals surface area contributed by atoms with E-state index in [4.69, 9.17) is 0 Å². The zero-order valence-electron chi connectivity index (χ0n) is 11.8. The van der Waals surface area contributed by atoms with E-state index in [0.29, 0.717) is 6.04 Å². The summed E-state index contributed by atoms with van der Waals surface area (Å²) < 4.78 is 0. The van der Waals surface area contributed by atoms with E-state index < -0.39 is 0 Å². The van der Waals surface area contributed by atoms with Crippen LogP contribution in [0.5, 0.6) is 0 Å². The van der Waals surface area contributed by atoms with Crippen LogP contribution in [0.15, 0.2) is 18.2 Å². The van der Waals surface area contributed by atoms with Crippen molar-refractivity contribution < 1.29 is 0 Å². The lowest BCUT2D eigenvalue weighted by atomic mass is 10.1. The van der Waals surface area contributed by atoms with Crippen molar-refractivity contribution in [2.45, 2.75) is 38.6 Å². The van der Waals surface area contributed by atoms with E-state index >= 15 is 0 Å². The van der Waals surface area contributed by atoms with Crippen molar-refractivity contribution in [1.29, 1.82) is 0 Å². The Bertz CT molecular complexity index is 421. The van der Waals surface area contributed by atoms with Crippen molar-refractivity contribution in [2.75, 3.05) is 34.8 Å². The monoisotopic (exact) mass is 276 g/mol. The summed E-state index contributed by atoms with van der Waals surface area (Å²) >= 11 is 2.08. The van der Waals surface area contributed by atoms with Gasteiger partial charge >= 0.3 is 0 Å². The normalized spacial score (nSPS) is 23.6. The SMILES string of the molecule is Cc1cc(N2CCCC2)ccc1NC1CCCSC1. The Labute approximate surface area is 121 Å². The van der Waals surface area contributed by atoms with Crippen molar-refractivity contribution >= 4 is 23.1 Å². The first-order chi connectivity index (χ1) is 9.33. The van der Waals surface area contributed by atoms with Crippen LogP contribution in [-0.2, 0) is 0 Å². The van der Waals surface area contributed by atoms with Crippen molar-refractivity contribution in [3.63, 3.8) is 0 Å². The van der Waals surface area contributed by atoms with Crippen LogP contribution < -0.4 is 10.2 Å². The Morgan fingerprint density at radius 1 is 1.21 bits per heavy atom. The largest absolute Gasteiger partial charge is 0.381 e. The highest BCUT2D eigenvalue weighted by Gasteiger charge is 2.16. The summed E-state index contributed by atoms with van der Waals surface area (Å²) in [5, 5.41) is 3.73. The number of aryl methyl sites for hydroxylation is 1. The van der Waals surface area contributed by atoms with E-state index in [1.165, 1.54) is 67.2 Å². The second-order valence-electron chi connectivity index (χ2n) is 5.75. The molecule has 1 aromatic rings. The van der Waals surface area contributed by atoms with Crippen LogP contribution >= 0.6 is 11.8 Å². The predicted octanol–water partition coefficient (Wildman–Crippen LogP) is 3.90. The van der Waals surface area contributed by atoms with Crippen LogP contribution in [-0.4, -0.2) is 30.6 Å². The molecule has 2 nitrogen and oxygen atoms in total. The molecule has 2 fully saturated rings. The fourth-order valence-corrected chi connectivity index (χ4v) is 4.13. The highest BCUT2D eigenvalue weighted by atomic mass is 32.2. The number of hydrogen-bond acceptors (Lipinski definition) is 3. The van der Waals surface area contributed by atoms with Gasteiger partial charge in [0.1, 0.15) is 0 Å². The minimum atomic E-state index is 0.662. The lowest BCUT2D eigenvalue weighted by Crippen LogP contribution is -2.26. The summed E-state index contributed by atoms with van der Waals surface area (Å²) in [5.74, 6) is 2.60. The summed E-state index contributed by atoms with van der Waals surface area (Å²) in [6.45, 7) is 4.69. The van der Waals surface area contributed by atoms with Gasteiger partial charge in [0.2, 0.25) is 0 Å². The summed E-state index contributed by atoms with van der Waals surface area (Å²) in [4.78, 5) is 2.51. The fourth-order valence-electron chi connectivity index (χ4n) is 3.06. The lowest BCUT2D eigenvalue weighted by Gasteiger charge is -2.25. The van der Waals surface area contributed by atoms with Gasteiger partial charge in [-0.1, -0.05) is 0 Å². The van der Waals surface area contributed by atoms with Gasteiger partial charge in [-0.2, -0.15) is 11.8 Å². The molecule has 2 saturated heterocycles. The molecule has 0 aliphatic carbocycles. The maximum Gasteiger partial charge on any atom is 0.0373 e. The minimum Gasteiger partial charge on any atom is -0.381 e. The van der Waals surface area contributed by atoms with E-state index in [9.17, 15) is 0 Å². The maximum atomic E-state index is 3.73. The van der Waals surface area contributed by atoms with E-state index in [0.717, 1.165) is 0 Å². The van der Waals surface area contributed by atoms with Crippen LogP contribution in [0.1, 0.15) is 31.2 Å². The average Bonchev–Trinajstić information content (AvgIpc) is 2.96. The molecule has 2 heterocycles. The Morgan fingerprint density at radius 2 is 2.05 bits per heavy atom. The molecular weight excluding hydrogens is 252 g/mol. The number of hydrogen-bond donors (Lipinski definition) is 1. The van der Waals surface area contributed by atoms with Gasteiger partial charge in [-0.25, -0.2) is 0 Å². The predicted molar refractivity (Wildman–Crippen MR) is 86.6 cm³/mol. The molecule has 2 aliphatic rings. The molecule has 3 heteroatoms. The quantitative estimate of drug-likeness (QED) is 0.901. The molecule has 0 amide bonds. The van der Waals surface area contributed by atoms with Gasteiger partial charge in [0, 0.05) is 36.3 Å².